The number of carbonyl (C=O) groups excluding carboxylic acids is 1. The molecule has 1 unspecified atom stereocenters. The van der Waals surface area contributed by atoms with Gasteiger partial charge in [0.2, 0.25) is 0 Å². The van der Waals surface area contributed by atoms with Gasteiger partial charge in [-0.2, -0.15) is 0 Å². The van der Waals surface area contributed by atoms with Gasteiger partial charge in [-0.25, -0.2) is 9.18 Å². The molecule has 1 rings (SSSR count). The van der Waals surface area contributed by atoms with Crippen molar-refractivity contribution in [2.75, 3.05) is 19.5 Å². The van der Waals surface area contributed by atoms with E-state index in [-0.39, 0.29) is 11.7 Å². The first-order chi connectivity index (χ1) is 8.97. The highest BCUT2D eigenvalue weighted by Gasteiger charge is 2.20. The van der Waals surface area contributed by atoms with Crippen molar-refractivity contribution in [2.45, 2.75) is 26.3 Å². The van der Waals surface area contributed by atoms with Gasteiger partial charge in [-0.15, -0.1) is 0 Å². The average Bonchev–Trinajstić information content (AvgIpc) is 2.36. The molecule has 1 aromatic rings. The molecule has 5 heteroatoms. The van der Waals surface area contributed by atoms with E-state index in [2.05, 4.69) is 5.32 Å². The zero-order valence-corrected chi connectivity index (χ0v) is 11.7. The Kier molecular flexibility index (Phi) is 5.60. The Balaban J connectivity index is 2.83. The molecule has 0 aliphatic carbocycles. The minimum atomic E-state index is -0.488. The van der Waals surface area contributed by atoms with E-state index < -0.39 is 11.9 Å². The Hall–Kier alpha value is -1.78. The highest BCUT2D eigenvalue weighted by atomic mass is 19.1. The van der Waals surface area contributed by atoms with E-state index in [1.807, 2.05) is 13.8 Å². The number of carbonyl (C=O) groups is 1. The number of nitrogens with one attached hydrogen (secondary N) is 1. The Bertz CT molecular complexity index is 435. The van der Waals surface area contributed by atoms with E-state index in [0.717, 1.165) is 0 Å². The van der Waals surface area contributed by atoms with E-state index in [9.17, 15) is 9.18 Å². The number of ether oxygens (including phenoxy) is 2. The number of methoxy groups -OCH3 is 2. The van der Waals surface area contributed by atoms with Gasteiger partial charge in [0, 0.05) is 11.8 Å². The maximum absolute atomic E-state index is 13.6. The minimum absolute atomic E-state index is 0.170. The van der Waals surface area contributed by atoms with Gasteiger partial charge in [0.1, 0.15) is 6.04 Å². The van der Waals surface area contributed by atoms with Gasteiger partial charge in [-0.05, 0) is 24.5 Å². The van der Waals surface area contributed by atoms with Crippen molar-refractivity contribution >= 4 is 11.7 Å². The lowest BCUT2D eigenvalue weighted by atomic mass is 10.0. The third kappa shape index (κ3) is 4.43. The summed E-state index contributed by atoms with van der Waals surface area (Å²) in [5.41, 5.74) is 0.523. The van der Waals surface area contributed by atoms with Crippen molar-refractivity contribution in [3.63, 3.8) is 0 Å². The van der Waals surface area contributed by atoms with E-state index in [1.165, 1.54) is 26.4 Å². The Morgan fingerprint density at radius 1 is 1.37 bits per heavy atom. The van der Waals surface area contributed by atoms with Gasteiger partial charge in [-0.3, -0.25) is 0 Å². The maximum atomic E-state index is 13.6. The molecule has 4 nitrogen and oxygen atoms in total. The van der Waals surface area contributed by atoms with Crippen molar-refractivity contribution < 1.29 is 18.7 Å². The number of benzene rings is 1. The number of halogens is 1. The first-order valence-corrected chi connectivity index (χ1v) is 6.15. The average molecular weight is 269 g/mol. The molecule has 0 heterocycles. The van der Waals surface area contributed by atoms with Crippen LogP contribution in [0.4, 0.5) is 10.1 Å². The number of esters is 1. The number of rotatable bonds is 6. The third-order valence-electron chi connectivity index (χ3n) is 2.69. The first kappa shape index (κ1) is 15.3. The standard InChI is InChI=1S/C14H20FNO3/c1-9(2)7-12(14(17)19-4)16-10-5-6-13(18-3)11(15)8-10/h5-6,8-9,12,16H,7H2,1-4H3. The predicted molar refractivity (Wildman–Crippen MR) is 71.8 cm³/mol. The van der Waals surface area contributed by atoms with E-state index in [4.69, 9.17) is 9.47 Å². The Labute approximate surface area is 112 Å². The normalized spacial score (nSPS) is 12.1. The second kappa shape index (κ2) is 6.97. The number of hydrogen-bond donors (Lipinski definition) is 1. The summed E-state index contributed by atoms with van der Waals surface area (Å²) in [5.74, 6) is -0.339. The predicted octanol–water partition coefficient (Wildman–Crippen LogP) is 2.83. The molecule has 0 bridgehead atoms. The van der Waals surface area contributed by atoms with Crippen LogP contribution in [0.15, 0.2) is 18.2 Å². The zero-order chi connectivity index (χ0) is 14.4. The summed E-state index contributed by atoms with van der Waals surface area (Å²) in [6, 6.07) is 3.99. The second-order valence-electron chi connectivity index (χ2n) is 4.70. The fourth-order valence-electron chi connectivity index (χ4n) is 1.79. The van der Waals surface area contributed by atoms with Crippen LogP contribution in [0.1, 0.15) is 20.3 Å². The van der Waals surface area contributed by atoms with E-state index in [0.29, 0.717) is 18.0 Å². The highest BCUT2D eigenvalue weighted by molar-refractivity contribution is 5.79. The minimum Gasteiger partial charge on any atom is -0.494 e. The molecule has 1 aromatic carbocycles. The van der Waals surface area contributed by atoms with Crippen LogP contribution in [0, 0.1) is 11.7 Å². The van der Waals surface area contributed by atoms with Crippen LogP contribution in [-0.2, 0) is 9.53 Å². The van der Waals surface area contributed by atoms with Gasteiger partial charge in [0.25, 0.3) is 0 Å². The van der Waals surface area contributed by atoms with Gasteiger partial charge >= 0.3 is 5.97 Å². The molecule has 0 radical (unpaired) electrons. The summed E-state index contributed by atoms with van der Waals surface area (Å²) in [6.45, 7) is 4.01. The summed E-state index contributed by atoms with van der Waals surface area (Å²) in [5, 5.41) is 2.98. The monoisotopic (exact) mass is 269 g/mol. The lowest BCUT2D eigenvalue weighted by Crippen LogP contribution is -2.32. The Morgan fingerprint density at radius 2 is 2.05 bits per heavy atom. The quantitative estimate of drug-likeness (QED) is 0.807. The molecule has 0 fully saturated rings. The van der Waals surface area contributed by atoms with Crippen molar-refractivity contribution in [3.05, 3.63) is 24.0 Å². The molecule has 0 aliphatic rings. The lowest BCUT2D eigenvalue weighted by molar-refractivity contribution is -0.141. The van der Waals surface area contributed by atoms with Crippen LogP contribution in [0.3, 0.4) is 0 Å². The number of anilines is 1. The van der Waals surface area contributed by atoms with Crippen LogP contribution >= 0.6 is 0 Å². The lowest BCUT2D eigenvalue weighted by Gasteiger charge is -2.19. The molecule has 19 heavy (non-hydrogen) atoms. The van der Waals surface area contributed by atoms with Crippen LogP contribution in [0.2, 0.25) is 0 Å². The van der Waals surface area contributed by atoms with Gasteiger partial charge in [0.05, 0.1) is 14.2 Å². The highest BCUT2D eigenvalue weighted by Crippen LogP contribution is 2.22. The molecule has 0 aliphatic heterocycles. The van der Waals surface area contributed by atoms with Crippen molar-refractivity contribution in [3.8, 4) is 5.75 Å². The Morgan fingerprint density at radius 3 is 2.53 bits per heavy atom. The molecule has 106 valence electrons. The molecular weight excluding hydrogens is 249 g/mol. The summed E-state index contributed by atoms with van der Waals surface area (Å²) >= 11 is 0. The molecule has 0 amide bonds. The van der Waals surface area contributed by atoms with Crippen molar-refractivity contribution in [1.82, 2.24) is 0 Å². The van der Waals surface area contributed by atoms with E-state index >= 15 is 0 Å². The van der Waals surface area contributed by atoms with Crippen LogP contribution in [0.25, 0.3) is 0 Å². The molecule has 0 aromatic heterocycles. The molecular formula is C14H20FNO3. The zero-order valence-electron chi connectivity index (χ0n) is 11.7. The fraction of sp³-hybridized carbons (Fsp3) is 0.500. The molecule has 0 saturated carbocycles. The number of hydrogen-bond acceptors (Lipinski definition) is 4. The maximum Gasteiger partial charge on any atom is 0.328 e. The van der Waals surface area contributed by atoms with Crippen molar-refractivity contribution in [2.24, 2.45) is 5.92 Å². The second-order valence-corrected chi connectivity index (χ2v) is 4.70. The first-order valence-electron chi connectivity index (χ1n) is 6.15. The fourth-order valence-corrected chi connectivity index (χ4v) is 1.79. The van der Waals surface area contributed by atoms with E-state index in [1.54, 1.807) is 6.07 Å². The van der Waals surface area contributed by atoms with Gasteiger partial charge in [-0.1, -0.05) is 13.8 Å². The summed E-state index contributed by atoms with van der Waals surface area (Å²) in [4.78, 5) is 11.7. The molecule has 1 atom stereocenters. The van der Waals surface area contributed by atoms with Gasteiger partial charge in [0.15, 0.2) is 11.6 Å². The van der Waals surface area contributed by atoms with Crippen LogP contribution in [-0.4, -0.2) is 26.2 Å². The molecule has 0 saturated heterocycles. The smallest absolute Gasteiger partial charge is 0.328 e. The largest absolute Gasteiger partial charge is 0.494 e. The SMILES string of the molecule is COC(=O)C(CC(C)C)Nc1ccc(OC)c(F)c1. The summed E-state index contributed by atoms with van der Waals surface area (Å²) in [7, 11) is 2.74. The van der Waals surface area contributed by atoms with Crippen molar-refractivity contribution in [1.29, 1.82) is 0 Å². The topological polar surface area (TPSA) is 47.6 Å². The molecule has 1 N–H and O–H groups in total. The molecule has 0 spiro atoms. The third-order valence-corrected chi connectivity index (χ3v) is 2.69. The van der Waals surface area contributed by atoms with Gasteiger partial charge < -0.3 is 14.8 Å². The van der Waals surface area contributed by atoms with Crippen LogP contribution in [0.5, 0.6) is 5.75 Å². The summed E-state index contributed by atoms with van der Waals surface area (Å²) < 4.78 is 23.1. The summed E-state index contributed by atoms with van der Waals surface area (Å²) in [6.07, 6.45) is 0.611. The van der Waals surface area contributed by atoms with Crippen LogP contribution < -0.4 is 10.1 Å².